The first-order chi connectivity index (χ1) is 11.2. The van der Waals surface area contributed by atoms with Gasteiger partial charge >= 0.3 is 0 Å². The Labute approximate surface area is 149 Å². The fourth-order valence-electron chi connectivity index (χ4n) is 8.40. The number of fused-ring (bicyclic) bond motifs is 5. The average Bonchev–Trinajstić information content (AvgIpc) is 2.79. The minimum atomic E-state index is -0.397. The molecule has 4 aliphatic carbocycles. The van der Waals surface area contributed by atoms with Gasteiger partial charge in [-0.3, -0.25) is 0 Å². The molecule has 0 aromatic rings. The molecule has 136 valence electrons. The van der Waals surface area contributed by atoms with Crippen molar-refractivity contribution in [3.63, 3.8) is 0 Å². The second-order valence-electron chi connectivity index (χ2n) is 10.8. The number of rotatable bonds is 1. The van der Waals surface area contributed by atoms with E-state index in [9.17, 15) is 5.11 Å². The highest BCUT2D eigenvalue weighted by Gasteiger charge is 2.64. The molecule has 0 heterocycles. The highest BCUT2D eigenvalue weighted by Crippen LogP contribution is 2.69. The summed E-state index contributed by atoms with van der Waals surface area (Å²) in [4.78, 5) is 0. The molecular formula is C23H38O. The highest BCUT2D eigenvalue weighted by atomic mass is 16.3. The van der Waals surface area contributed by atoms with Gasteiger partial charge in [0.2, 0.25) is 0 Å². The Bertz CT molecular complexity index is 548. The van der Waals surface area contributed by atoms with Gasteiger partial charge in [0.15, 0.2) is 0 Å². The van der Waals surface area contributed by atoms with E-state index in [1.807, 2.05) is 0 Å². The Kier molecular flexibility index (Phi) is 3.65. The Morgan fingerprint density at radius 3 is 2.38 bits per heavy atom. The number of hydrogen-bond acceptors (Lipinski definition) is 1. The summed E-state index contributed by atoms with van der Waals surface area (Å²) in [7, 11) is 0. The Morgan fingerprint density at radius 1 is 0.958 bits per heavy atom. The number of allylic oxidation sites excluding steroid dienone is 2. The predicted molar refractivity (Wildman–Crippen MR) is 101 cm³/mol. The summed E-state index contributed by atoms with van der Waals surface area (Å²) in [5.41, 5.74) is 0.617. The first kappa shape index (κ1) is 17.1. The van der Waals surface area contributed by atoms with Crippen molar-refractivity contribution >= 4 is 0 Å². The smallest absolute Gasteiger partial charge is 0.0701 e. The summed E-state index contributed by atoms with van der Waals surface area (Å²) in [6.07, 6.45) is 14.9. The van der Waals surface area contributed by atoms with Crippen LogP contribution in [0.3, 0.4) is 0 Å². The molecule has 7 atom stereocenters. The monoisotopic (exact) mass is 330 g/mol. The third-order valence-corrected chi connectivity index (χ3v) is 9.78. The van der Waals surface area contributed by atoms with Crippen LogP contribution in [0.15, 0.2) is 12.2 Å². The molecule has 3 fully saturated rings. The molecular weight excluding hydrogens is 292 g/mol. The van der Waals surface area contributed by atoms with Crippen LogP contribution < -0.4 is 0 Å². The van der Waals surface area contributed by atoms with Gasteiger partial charge in [0.1, 0.15) is 0 Å². The van der Waals surface area contributed by atoms with E-state index in [0.717, 1.165) is 36.5 Å². The SMILES string of the molecule is CCC1(O)CCC2C3CCC4C(C)(C)C=CCC4(C)C3CCC21C. The van der Waals surface area contributed by atoms with Crippen molar-refractivity contribution < 1.29 is 5.11 Å². The summed E-state index contributed by atoms with van der Waals surface area (Å²) in [5, 5.41) is 11.3. The fourth-order valence-corrected chi connectivity index (χ4v) is 8.40. The van der Waals surface area contributed by atoms with Crippen molar-refractivity contribution in [2.45, 2.75) is 91.6 Å². The maximum Gasteiger partial charge on any atom is 0.0701 e. The van der Waals surface area contributed by atoms with Gasteiger partial charge in [-0.1, -0.05) is 46.8 Å². The lowest BCUT2D eigenvalue weighted by Crippen LogP contribution is -2.57. The van der Waals surface area contributed by atoms with E-state index in [4.69, 9.17) is 0 Å². The second kappa shape index (κ2) is 5.12. The summed E-state index contributed by atoms with van der Waals surface area (Å²) in [6.45, 7) is 12.2. The quantitative estimate of drug-likeness (QED) is 0.587. The molecule has 0 saturated heterocycles. The molecule has 0 spiro atoms. The zero-order chi connectivity index (χ0) is 17.4. The number of hydrogen-bond donors (Lipinski definition) is 1. The van der Waals surface area contributed by atoms with Gasteiger partial charge in [-0.25, -0.2) is 0 Å². The van der Waals surface area contributed by atoms with Crippen molar-refractivity contribution in [3.8, 4) is 0 Å². The van der Waals surface area contributed by atoms with Crippen LogP contribution in [-0.4, -0.2) is 10.7 Å². The largest absolute Gasteiger partial charge is 0.389 e. The summed E-state index contributed by atoms with van der Waals surface area (Å²) < 4.78 is 0. The van der Waals surface area contributed by atoms with Crippen molar-refractivity contribution in [2.24, 2.45) is 39.9 Å². The van der Waals surface area contributed by atoms with Gasteiger partial charge in [0.05, 0.1) is 5.60 Å². The van der Waals surface area contributed by atoms with Crippen LogP contribution in [0.2, 0.25) is 0 Å². The molecule has 0 aromatic carbocycles. The van der Waals surface area contributed by atoms with Crippen LogP contribution in [0.4, 0.5) is 0 Å². The third kappa shape index (κ3) is 1.97. The predicted octanol–water partition coefficient (Wildman–Crippen LogP) is 5.97. The normalized spacial score (nSPS) is 55.6. The van der Waals surface area contributed by atoms with Gasteiger partial charge in [-0.15, -0.1) is 0 Å². The van der Waals surface area contributed by atoms with Gasteiger partial charge in [-0.2, -0.15) is 0 Å². The summed E-state index contributed by atoms with van der Waals surface area (Å²) in [5.74, 6) is 3.32. The summed E-state index contributed by atoms with van der Waals surface area (Å²) in [6, 6.07) is 0. The van der Waals surface area contributed by atoms with Crippen LogP contribution >= 0.6 is 0 Å². The van der Waals surface area contributed by atoms with Crippen LogP contribution in [-0.2, 0) is 0 Å². The summed E-state index contributed by atoms with van der Waals surface area (Å²) >= 11 is 0. The van der Waals surface area contributed by atoms with E-state index in [1.54, 1.807) is 0 Å². The van der Waals surface area contributed by atoms with Crippen LogP contribution in [0.1, 0.15) is 86.0 Å². The zero-order valence-corrected chi connectivity index (χ0v) is 16.6. The molecule has 4 rings (SSSR count). The van der Waals surface area contributed by atoms with Gasteiger partial charge in [0.25, 0.3) is 0 Å². The van der Waals surface area contributed by atoms with Gasteiger partial charge < -0.3 is 5.11 Å². The lowest BCUT2D eigenvalue weighted by Gasteiger charge is -2.63. The minimum Gasteiger partial charge on any atom is -0.389 e. The van der Waals surface area contributed by atoms with E-state index < -0.39 is 5.60 Å². The first-order valence-electron chi connectivity index (χ1n) is 10.6. The third-order valence-electron chi connectivity index (χ3n) is 9.78. The Balaban J connectivity index is 1.68. The Hall–Kier alpha value is -0.300. The van der Waals surface area contributed by atoms with Gasteiger partial charge in [-0.05, 0) is 91.3 Å². The second-order valence-corrected chi connectivity index (χ2v) is 10.8. The lowest BCUT2D eigenvalue weighted by molar-refractivity contribution is -0.156. The standard InChI is InChI=1S/C23H38O/c1-6-23(24)15-11-18-16-8-9-19-20(2,3)12-7-13-21(19,4)17(16)10-14-22(18,23)5/h7,12,16-19,24H,6,8-11,13-15H2,1-5H3. The number of aliphatic hydroxyl groups is 1. The molecule has 0 radical (unpaired) electrons. The maximum atomic E-state index is 11.3. The van der Waals surface area contributed by atoms with Crippen molar-refractivity contribution in [1.82, 2.24) is 0 Å². The maximum absolute atomic E-state index is 11.3. The minimum absolute atomic E-state index is 0.173. The molecule has 1 N–H and O–H groups in total. The zero-order valence-electron chi connectivity index (χ0n) is 16.6. The lowest BCUT2D eigenvalue weighted by atomic mass is 9.42. The van der Waals surface area contributed by atoms with E-state index in [1.165, 1.54) is 38.5 Å². The molecule has 1 heteroatoms. The van der Waals surface area contributed by atoms with E-state index in [2.05, 4.69) is 46.8 Å². The van der Waals surface area contributed by atoms with Crippen LogP contribution in [0.25, 0.3) is 0 Å². The first-order valence-corrected chi connectivity index (χ1v) is 10.6. The van der Waals surface area contributed by atoms with E-state index in [-0.39, 0.29) is 5.41 Å². The van der Waals surface area contributed by atoms with Crippen molar-refractivity contribution in [2.75, 3.05) is 0 Å². The molecule has 3 saturated carbocycles. The molecule has 0 aromatic heterocycles. The van der Waals surface area contributed by atoms with E-state index in [0.29, 0.717) is 10.8 Å². The molecule has 0 amide bonds. The van der Waals surface area contributed by atoms with Gasteiger partial charge in [0, 0.05) is 0 Å². The fraction of sp³-hybridized carbons (Fsp3) is 0.913. The molecule has 7 unspecified atom stereocenters. The molecule has 0 aliphatic heterocycles. The topological polar surface area (TPSA) is 20.2 Å². The van der Waals surface area contributed by atoms with E-state index >= 15 is 0 Å². The Morgan fingerprint density at radius 2 is 1.67 bits per heavy atom. The highest BCUT2D eigenvalue weighted by molar-refractivity contribution is 5.18. The molecule has 4 aliphatic rings. The van der Waals surface area contributed by atoms with Crippen LogP contribution in [0.5, 0.6) is 0 Å². The van der Waals surface area contributed by atoms with Crippen LogP contribution in [0, 0.1) is 39.9 Å². The molecule has 24 heavy (non-hydrogen) atoms. The van der Waals surface area contributed by atoms with Crippen molar-refractivity contribution in [1.29, 1.82) is 0 Å². The molecule has 0 bridgehead atoms. The van der Waals surface area contributed by atoms with Crippen molar-refractivity contribution in [3.05, 3.63) is 12.2 Å². The average molecular weight is 331 g/mol. The molecule has 1 nitrogen and oxygen atoms in total.